The van der Waals surface area contributed by atoms with Gasteiger partial charge in [0.05, 0.1) is 16.8 Å². The van der Waals surface area contributed by atoms with E-state index in [1.165, 1.54) is 0 Å². The lowest BCUT2D eigenvalue weighted by atomic mass is 9.78. The third kappa shape index (κ3) is 3.99. The fourth-order valence-corrected chi connectivity index (χ4v) is 2.38. The molecule has 0 aromatic heterocycles. The molecule has 1 atom stereocenters. The van der Waals surface area contributed by atoms with Crippen LogP contribution in [0.1, 0.15) is 45.0 Å². The van der Waals surface area contributed by atoms with Crippen LogP contribution in [0.2, 0.25) is 0 Å². The lowest BCUT2D eigenvalue weighted by molar-refractivity contribution is -0.189. The first-order valence-electron chi connectivity index (χ1n) is 7.78. The standard InChI is InChI=1S/C16H18BClF4O4/c1-8(16(20,21)22)24-12-7-10(11(19)6-9(12)13(18)23)17-25-14(2,3)15(4,5)26-17/h6-8H,1-5H3. The third-order valence-electron chi connectivity index (χ3n) is 4.58. The molecule has 2 rings (SSSR count). The molecular weight excluding hydrogens is 378 g/mol. The summed E-state index contributed by atoms with van der Waals surface area (Å²) < 4.78 is 69.0. The molecule has 26 heavy (non-hydrogen) atoms. The summed E-state index contributed by atoms with van der Waals surface area (Å²) in [7, 11) is -1.18. The molecule has 0 aliphatic carbocycles. The third-order valence-corrected chi connectivity index (χ3v) is 4.79. The Morgan fingerprint density at radius 1 is 1.19 bits per heavy atom. The quantitative estimate of drug-likeness (QED) is 0.441. The number of hydrogen-bond donors (Lipinski definition) is 0. The van der Waals surface area contributed by atoms with E-state index in [1.54, 1.807) is 27.7 Å². The maximum absolute atomic E-state index is 14.5. The SMILES string of the molecule is CC(Oc1cc(B2OC(C)(C)C(C)(C)O2)c(F)cc1C(=O)Cl)C(F)(F)F. The van der Waals surface area contributed by atoms with E-state index in [1.807, 2.05) is 0 Å². The van der Waals surface area contributed by atoms with E-state index in [0.29, 0.717) is 6.07 Å². The van der Waals surface area contributed by atoms with Gasteiger partial charge in [0.15, 0.2) is 6.10 Å². The number of ether oxygens (including phenoxy) is 1. The Labute approximate surface area is 153 Å². The Hall–Kier alpha value is -1.32. The van der Waals surface area contributed by atoms with Crippen molar-refractivity contribution < 1.29 is 36.4 Å². The van der Waals surface area contributed by atoms with Crippen molar-refractivity contribution in [1.82, 2.24) is 0 Å². The van der Waals surface area contributed by atoms with Gasteiger partial charge >= 0.3 is 13.3 Å². The number of hydrogen-bond acceptors (Lipinski definition) is 4. The highest BCUT2D eigenvalue weighted by atomic mass is 35.5. The molecule has 1 aliphatic heterocycles. The number of alkyl halides is 3. The molecule has 4 nitrogen and oxygen atoms in total. The largest absolute Gasteiger partial charge is 0.497 e. The molecule has 0 amide bonds. The molecule has 0 saturated carbocycles. The van der Waals surface area contributed by atoms with Gasteiger partial charge in [0.2, 0.25) is 0 Å². The maximum Gasteiger partial charge on any atom is 0.497 e. The van der Waals surface area contributed by atoms with Gasteiger partial charge in [-0.05, 0) is 58.4 Å². The minimum absolute atomic E-state index is 0.185. The zero-order chi connectivity index (χ0) is 20.1. The van der Waals surface area contributed by atoms with E-state index in [9.17, 15) is 22.4 Å². The van der Waals surface area contributed by atoms with E-state index in [0.717, 1.165) is 13.0 Å². The number of carbonyl (C=O) groups is 1. The number of halogens is 5. The Morgan fingerprint density at radius 2 is 1.69 bits per heavy atom. The summed E-state index contributed by atoms with van der Waals surface area (Å²) in [6, 6.07) is 1.67. The van der Waals surface area contributed by atoms with E-state index in [-0.39, 0.29) is 5.46 Å². The Balaban J connectivity index is 2.46. The van der Waals surface area contributed by atoms with Crippen molar-refractivity contribution in [1.29, 1.82) is 0 Å². The van der Waals surface area contributed by atoms with Crippen LogP contribution >= 0.6 is 11.6 Å². The summed E-state index contributed by atoms with van der Waals surface area (Å²) in [6.45, 7) is 7.73. The lowest BCUT2D eigenvalue weighted by Crippen LogP contribution is -2.41. The highest BCUT2D eigenvalue weighted by molar-refractivity contribution is 6.68. The van der Waals surface area contributed by atoms with Gasteiger partial charge < -0.3 is 14.0 Å². The van der Waals surface area contributed by atoms with Gasteiger partial charge in [0.1, 0.15) is 11.6 Å². The van der Waals surface area contributed by atoms with Crippen LogP contribution in [0.5, 0.6) is 5.75 Å². The van der Waals surface area contributed by atoms with Crippen molar-refractivity contribution in [2.45, 2.75) is 58.1 Å². The normalized spacial score (nSPS) is 20.2. The lowest BCUT2D eigenvalue weighted by Gasteiger charge is -2.32. The van der Waals surface area contributed by atoms with Crippen LogP contribution in [0.3, 0.4) is 0 Å². The van der Waals surface area contributed by atoms with E-state index < -0.39 is 53.0 Å². The average molecular weight is 397 g/mol. The summed E-state index contributed by atoms with van der Waals surface area (Å²) in [5, 5.41) is -1.14. The molecule has 1 fully saturated rings. The Kier molecular flexibility index (Phi) is 5.40. The molecule has 0 bridgehead atoms. The molecule has 0 radical (unpaired) electrons. The van der Waals surface area contributed by atoms with Crippen molar-refractivity contribution >= 4 is 29.4 Å². The van der Waals surface area contributed by atoms with Crippen molar-refractivity contribution in [2.24, 2.45) is 0 Å². The zero-order valence-electron chi connectivity index (χ0n) is 14.8. The molecule has 0 spiro atoms. The van der Waals surface area contributed by atoms with Crippen molar-refractivity contribution in [3.8, 4) is 5.75 Å². The Morgan fingerprint density at radius 3 is 2.12 bits per heavy atom. The summed E-state index contributed by atoms with van der Waals surface area (Å²) in [5.41, 5.74) is -2.27. The molecule has 0 N–H and O–H groups in total. The van der Waals surface area contributed by atoms with Crippen molar-refractivity contribution in [3.05, 3.63) is 23.5 Å². The fourth-order valence-electron chi connectivity index (χ4n) is 2.23. The second-order valence-electron chi connectivity index (χ2n) is 7.03. The summed E-state index contributed by atoms with van der Waals surface area (Å²) in [6.07, 6.45) is -6.90. The van der Waals surface area contributed by atoms with E-state index in [4.69, 9.17) is 25.6 Å². The summed E-state index contributed by atoms with van der Waals surface area (Å²) >= 11 is 5.35. The summed E-state index contributed by atoms with van der Waals surface area (Å²) in [5.74, 6) is -1.40. The summed E-state index contributed by atoms with van der Waals surface area (Å²) in [4.78, 5) is 11.5. The fraction of sp³-hybridized carbons (Fsp3) is 0.562. The molecule has 10 heteroatoms. The van der Waals surface area contributed by atoms with Gasteiger partial charge in [0.25, 0.3) is 5.24 Å². The Bertz CT molecular complexity index is 705. The van der Waals surface area contributed by atoms with Gasteiger partial charge in [0, 0.05) is 5.46 Å². The molecule has 1 unspecified atom stereocenters. The van der Waals surface area contributed by atoms with Crippen molar-refractivity contribution in [3.63, 3.8) is 0 Å². The van der Waals surface area contributed by atoms with Gasteiger partial charge in [-0.25, -0.2) is 4.39 Å². The smallest absolute Gasteiger partial charge is 0.480 e. The van der Waals surface area contributed by atoms with Crippen LogP contribution in [-0.2, 0) is 9.31 Å². The monoisotopic (exact) mass is 396 g/mol. The van der Waals surface area contributed by atoms with E-state index >= 15 is 0 Å². The predicted octanol–water partition coefficient (Wildman–Crippen LogP) is 3.83. The van der Waals surface area contributed by atoms with Crippen molar-refractivity contribution in [2.75, 3.05) is 0 Å². The van der Waals surface area contributed by atoms with Crippen LogP contribution in [0.25, 0.3) is 0 Å². The van der Waals surface area contributed by atoms with Gasteiger partial charge in [-0.3, -0.25) is 4.79 Å². The molecule has 1 aromatic rings. The number of rotatable bonds is 4. The first-order chi connectivity index (χ1) is 11.7. The van der Waals surface area contributed by atoms with Crippen LogP contribution < -0.4 is 10.2 Å². The molecule has 1 heterocycles. The van der Waals surface area contributed by atoms with E-state index in [2.05, 4.69) is 0 Å². The number of benzene rings is 1. The molecule has 1 aliphatic rings. The van der Waals surface area contributed by atoms with Crippen LogP contribution in [0.4, 0.5) is 17.6 Å². The van der Waals surface area contributed by atoms with Gasteiger partial charge in [-0.1, -0.05) is 0 Å². The molecular formula is C16H18BClF4O4. The first kappa shape index (κ1) is 21.0. The van der Waals surface area contributed by atoms with Crippen LogP contribution in [0.15, 0.2) is 12.1 Å². The minimum atomic E-state index is -4.68. The molecule has 1 aromatic carbocycles. The second kappa shape index (κ2) is 6.69. The number of carbonyl (C=O) groups excluding carboxylic acids is 1. The average Bonchev–Trinajstić information content (AvgIpc) is 2.67. The first-order valence-corrected chi connectivity index (χ1v) is 8.16. The highest BCUT2D eigenvalue weighted by Crippen LogP contribution is 2.37. The molecule has 1 saturated heterocycles. The maximum atomic E-state index is 14.5. The van der Waals surface area contributed by atoms with Gasteiger partial charge in [-0.2, -0.15) is 13.2 Å². The molecule has 144 valence electrons. The topological polar surface area (TPSA) is 44.8 Å². The van der Waals surface area contributed by atoms with Crippen LogP contribution in [-0.4, -0.2) is 35.8 Å². The zero-order valence-corrected chi connectivity index (χ0v) is 15.6. The minimum Gasteiger partial charge on any atom is -0.480 e. The second-order valence-corrected chi connectivity index (χ2v) is 7.38. The predicted molar refractivity (Wildman–Crippen MR) is 88.4 cm³/mol. The highest BCUT2D eigenvalue weighted by Gasteiger charge is 2.52. The van der Waals surface area contributed by atoms with Crippen LogP contribution in [0, 0.1) is 5.82 Å². The van der Waals surface area contributed by atoms with Gasteiger partial charge in [-0.15, -0.1) is 0 Å².